The number of alkyl halides is 3. The molecule has 1 N–H and O–H groups in total. The third-order valence-corrected chi connectivity index (χ3v) is 6.07. The highest BCUT2D eigenvalue weighted by Gasteiger charge is 2.40. The van der Waals surface area contributed by atoms with Gasteiger partial charge in [0.1, 0.15) is 11.9 Å². The summed E-state index contributed by atoms with van der Waals surface area (Å²) in [6.45, 7) is 1.52. The summed E-state index contributed by atoms with van der Waals surface area (Å²) in [5.41, 5.74) is 0.373. The second-order valence-corrected chi connectivity index (χ2v) is 8.56. The number of phenolic OH excluding ortho intramolecular Hbond substituents is 1. The van der Waals surface area contributed by atoms with Gasteiger partial charge in [-0.2, -0.15) is 13.2 Å². The predicted octanol–water partition coefficient (Wildman–Crippen LogP) is 6.00. The Kier molecular flexibility index (Phi) is 7.28. The Morgan fingerprint density at radius 3 is 2.46 bits per heavy atom. The number of carbonyl (C=O) groups is 2. The van der Waals surface area contributed by atoms with Gasteiger partial charge in [-0.25, -0.2) is 4.79 Å². The summed E-state index contributed by atoms with van der Waals surface area (Å²) < 4.78 is 56.5. The van der Waals surface area contributed by atoms with E-state index in [0.717, 1.165) is 23.8 Å². The van der Waals surface area contributed by atoms with Gasteiger partial charge in [-0.05, 0) is 48.4 Å². The average Bonchev–Trinajstić information content (AvgIpc) is 3.15. The number of phenols is 1. The summed E-state index contributed by atoms with van der Waals surface area (Å²) in [6.07, 6.45) is -5.99. The standard InChI is InChI=1S/C27H24F3NO6/c1-16-25(18-6-4-3-5-7-18)37-26(34)31(16)15-19-14-20(27(28,29)30)9-11-22(19)36-23-12-17(8-10-21(23)32)13-24(33)35-2/h3-12,14,16,25,32H,13,15H2,1-2H3/t16-,25-/m1/s1. The maximum Gasteiger partial charge on any atom is 0.416 e. The molecule has 0 spiro atoms. The number of nitrogens with zero attached hydrogens (tertiary/aromatic N) is 1. The van der Waals surface area contributed by atoms with Crippen molar-refractivity contribution >= 4 is 12.1 Å². The van der Waals surface area contributed by atoms with Crippen molar-refractivity contribution in [2.24, 2.45) is 0 Å². The number of methoxy groups -OCH3 is 1. The van der Waals surface area contributed by atoms with Gasteiger partial charge in [-0.3, -0.25) is 9.69 Å². The minimum Gasteiger partial charge on any atom is -0.504 e. The molecule has 0 bridgehead atoms. The molecule has 0 unspecified atom stereocenters. The van der Waals surface area contributed by atoms with Crippen LogP contribution in [0.25, 0.3) is 0 Å². The number of carbonyl (C=O) groups excluding carboxylic acids is 2. The van der Waals surface area contributed by atoms with Crippen LogP contribution in [-0.2, 0) is 33.4 Å². The van der Waals surface area contributed by atoms with Gasteiger partial charge < -0.3 is 19.3 Å². The molecule has 1 aliphatic heterocycles. The highest BCUT2D eigenvalue weighted by molar-refractivity contribution is 5.73. The number of hydrogen-bond donors (Lipinski definition) is 1. The summed E-state index contributed by atoms with van der Waals surface area (Å²) in [4.78, 5) is 25.7. The summed E-state index contributed by atoms with van der Waals surface area (Å²) in [5.74, 6) is -0.859. The van der Waals surface area contributed by atoms with E-state index in [9.17, 15) is 27.9 Å². The molecule has 0 aliphatic carbocycles. The normalized spacial score (nSPS) is 17.4. The molecular weight excluding hydrogens is 491 g/mol. The molecule has 1 amide bonds. The van der Waals surface area contributed by atoms with Crippen LogP contribution in [-0.4, -0.2) is 35.2 Å². The average molecular weight is 515 g/mol. The number of hydrogen-bond acceptors (Lipinski definition) is 6. The van der Waals surface area contributed by atoms with E-state index in [-0.39, 0.29) is 35.8 Å². The van der Waals surface area contributed by atoms with Crippen molar-refractivity contribution < 1.29 is 42.1 Å². The second kappa shape index (κ2) is 10.4. The Morgan fingerprint density at radius 2 is 1.78 bits per heavy atom. The van der Waals surface area contributed by atoms with Crippen molar-refractivity contribution in [2.75, 3.05) is 7.11 Å². The van der Waals surface area contributed by atoms with Crippen molar-refractivity contribution in [3.05, 3.63) is 89.0 Å². The third kappa shape index (κ3) is 5.79. The lowest BCUT2D eigenvalue weighted by molar-refractivity contribution is -0.140. The molecule has 0 radical (unpaired) electrons. The largest absolute Gasteiger partial charge is 0.504 e. The zero-order valence-electron chi connectivity index (χ0n) is 20.0. The number of benzene rings is 3. The monoisotopic (exact) mass is 515 g/mol. The van der Waals surface area contributed by atoms with Crippen LogP contribution >= 0.6 is 0 Å². The molecule has 2 atom stereocenters. The van der Waals surface area contributed by atoms with E-state index in [2.05, 4.69) is 4.74 Å². The van der Waals surface area contributed by atoms with Crippen molar-refractivity contribution in [3.63, 3.8) is 0 Å². The van der Waals surface area contributed by atoms with E-state index in [1.807, 2.05) is 6.07 Å². The maximum absolute atomic E-state index is 13.5. The summed E-state index contributed by atoms with van der Waals surface area (Å²) in [6, 6.07) is 15.7. The van der Waals surface area contributed by atoms with Crippen molar-refractivity contribution in [3.8, 4) is 17.2 Å². The minimum atomic E-state index is -4.63. The number of aromatic hydroxyl groups is 1. The molecule has 3 aromatic rings. The quantitative estimate of drug-likeness (QED) is 0.389. The Hall–Kier alpha value is -4.21. The number of amides is 1. The molecule has 7 nitrogen and oxygen atoms in total. The van der Waals surface area contributed by atoms with E-state index in [1.165, 1.54) is 30.2 Å². The van der Waals surface area contributed by atoms with Crippen LogP contribution in [0, 0.1) is 0 Å². The van der Waals surface area contributed by atoms with Crippen molar-refractivity contribution in [1.29, 1.82) is 0 Å². The smallest absolute Gasteiger partial charge is 0.416 e. The molecule has 3 aromatic carbocycles. The van der Waals surface area contributed by atoms with Gasteiger partial charge >= 0.3 is 18.2 Å². The van der Waals surface area contributed by atoms with Gasteiger partial charge in [-0.1, -0.05) is 36.4 Å². The molecule has 0 aromatic heterocycles. The second-order valence-electron chi connectivity index (χ2n) is 8.56. The molecule has 1 heterocycles. The van der Waals surface area contributed by atoms with E-state index in [0.29, 0.717) is 5.56 Å². The third-order valence-electron chi connectivity index (χ3n) is 6.07. The molecule has 1 aliphatic rings. The SMILES string of the molecule is COC(=O)Cc1ccc(O)c(Oc2ccc(C(F)(F)F)cc2CN2C(=O)O[C@@H](c3ccccc3)[C@H]2C)c1. The minimum absolute atomic E-state index is 0.00155. The Balaban J connectivity index is 1.66. The highest BCUT2D eigenvalue weighted by Crippen LogP contribution is 2.39. The first-order chi connectivity index (χ1) is 17.6. The lowest BCUT2D eigenvalue weighted by atomic mass is 10.0. The van der Waals surface area contributed by atoms with Crippen LogP contribution in [0.2, 0.25) is 0 Å². The topological polar surface area (TPSA) is 85.3 Å². The molecule has 4 rings (SSSR count). The number of halogens is 3. The van der Waals surface area contributed by atoms with Crippen molar-refractivity contribution in [1.82, 2.24) is 4.90 Å². The summed E-state index contributed by atoms with van der Waals surface area (Å²) >= 11 is 0. The number of ether oxygens (including phenoxy) is 3. The first-order valence-corrected chi connectivity index (χ1v) is 11.4. The Morgan fingerprint density at radius 1 is 1.05 bits per heavy atom. The van der Waals surface area contributed by atoms with E-state index in [1.54, 1.807) is 31.2 Å². The van der Waals surface area contributed by atoms with Crippen LogP contribution in [0.15, 0.2) is 66.7 Å². The van der Waals surface area contributed by atoms with Crippen LogP contribution < -0.4 is 4.74 Å². The van der Waals surface area contributed by atoms with Gasteiger partial charge in [0, 0.05) is 5.56 Å². The lowest BCUT2D eigenvalue weighted by Crippen LogP contribution is -2.31. The van der Waals surface area contributed by atoms with Gasteiger partial charge in [0.25, 0.3) is 0 Å². The van der Waals surface area contributed by atoms with Crippen molar-refractivity contribution in [2.45, 2.75) is 38.2 Å². The molecule has 10 heteroatoms. The maximum atomic E-state index is 13.5. The fraction of sp³-hybridized carbons (Fsp3) is 0.259. The van der Waals surface area contributed by atoms with Gasteiger partial charge in [0.05, 0.1) is 31.7 Å². The molecule has 1 saturated heterocycles. The van der Waals surface area contributed by atoms with Crippen LogP contribution in [0.4, 0.5) is 18.0 Å². The first kappa shape index (κ1) is 25.9. The molecule has 1 fully saturated rings. The van der Waals surface area contributed by atoms with E-state index in [4.69, 9.17) is 9.47 Å². The van der Waals surface area contributed by atoms with Crippen LogP contribution in [0.1, 0.15) is 35.3 Å². The fourth-order valence-electron chi connectivity index (χ4n) is 4.07. The van der Waals surface area contributed by atoms with E-state index >= 15 is 0 Å². The lowest BCUT2D eigenvalue weighted by Gasteiger charge is -2.23. The first-order valence-electron chi connectivity index (χ1n) is 11.4. The number of rotatable bonds is 7. The summed E-state index contributed by atoms with van der Waals surface area (Å²) in [7, 11) is 1.24. The predicted molar refractivity (Wildman–Crippen MR) is 126 cm³/mol. The Labute approximate surface area is 211 Å². The van der Waals surface area contributed by atoms with Gasteiger partial charge in [0.2, 0.25) is 0 Å². The molecule has 0 saturated carbocycles. The number of cyclic esters (lactones) is 1. The Bertz CT molecular complexity index is 1300. The fourth-order valence-corrected chi connectivity index (χ4v) is 4.07. The number of esters is 1. The molecular formula is C27H24F3NO6. The highest BCUT2D eigenvalue weighted by atomic mass is 19.4. The van der Waals surface area contributed by atoms with E-state index < -0.39 is 35.9 Å². The molecule has 194 valence electrons. The summed E-state index contributed by atoms with van der Waals surface area (Å²) in [5, 5.41) is 10.3. The zero-order chi connectivity index (χ0) is 26.7. The van der Waals surface area contributed by atoms with Gasteiger partial charge in [-0.15, -0.1) is 0 Å². The van der Waals surface area contributed by atoms with Crippen LogP contribution in [0.5, 0.6) is 17.2 Å². The molecule has 37 heavy (non-hydrogen) atoms. The van der Waals surface area contributed by atoms with Gasteiger partial charge in [0.15, 0.2) is 11.5 Å². The zero-order valence-corrected chi connectivity index (χ0v) is 20.0. The van der Waals surface area contributed by atoms with Crippen LogP contribution in [0.3, 0.4) is 0 Å².